The minimum absolute atomic E-state index is 0.293. The normalized spacial score (nSPS) is 17.8. The summed E-state index contributed by atoms with van der Waals surface area (Å²) < 4.78 is 39.4. The maximum atomic E-state index is 12.7. The predicted molar refractivity (Wildman–Crippen MR) is 72.7 cm³/mol. The molecule has 21 heavy (non-hydrogen) atoms. The third kappa shape index (κ3) is 4.16. The van der Waals surface area contributed by atoms with Gasteiger partial charge in [-0.05, 0) is 13.3 Å². The molecule has 2 heterocycles. The SMILES string of the molecule is CCCC(C)NCCN1CCn2c(nnc2C(F)(F)F)C1. The minimum atomic E-state index is -4.43. The van der Waals surface area contributed by atoms with Gasteiger partial charge in [0.2, 0.25) is 5.82 Å². The molecule has 1 aliphatic rings. The van der Waals surface area contributed by atoms with Crippen LogP contribution in [0.5, 0.6) is 0 Å². The fourth-order valence-corrected chi connectivity index (χ4v) is 2.61. The molecule has 2 rings (SSSR count). The van der Waals surface area contributed by atoms with Crippen LogP contribution in [0.15, 0.2) is 0 Å². The van der Waals surface area contributed by atoms with Crippen molar-refractivity contribution in [3.05, 3.63) is 11.6 Å². The van der Waals surface area contributed by atoms with Crippen LogP contribution in [-0.2, 0) is 19.3 Å². The van der Waals surface area contributed by atoms with Crippen LogP contribution in [0.25, 0.3) is 0 Å². The first-order chi connectivity index (χ1) is 9.91. The Kier molecular flexibility index (Phi) is 5.21. The summed E-state index contributed by atoms with van der Waals surface area (Å²) in [5, 5.41) is 10.4. The van der Waals surface area contributed by atoms with Gasteiger partial charge in [-0.1, -0.05) is 13.3 Å². The molecule has 1 atom stereocenters. The van der Waals surface area contributed by atoms with Crippen LogP contribution >= 0.6 is 0 Å². The highest BCUT2D eigenvalue weighted by Crippen LogP contribution is 2.29. The number of alkyl halides is 3. The van der Waals surface area contributed by atoms with E-state index in [0.717, 1.165) is 25.9 Å². The molecule has 8 heteroatoms. The van der Waals surface area contributed by atoms with E-state index in [9.17, 15) is 13.2 Å². The number of nitrogens with one attached hydrogen (secondary N) is 1. The van der Waals surface area contributed by atoms with E-state index in [4.69, 9.17) is 0 Å². The van der Waals surface area contributed by atoms with Crippen LogP contribution in [0.1, 0.15) is 38.3 Å². The Balaban J connectivity index is 1.85. The zero-order valence-electron chi connectivity index (χ0n) is 12.4. The Morgan fingerprint density at radius 3 is 2.71 bits per heavy atom. The molecule has 0 amide bonds. The lowest BCUT2D eigenvalue weighted by atomic mass is 10.2. The summed E-state index contributed by atoms with van der Waals surface area (Å²) in [7, 11) is 0. The average molecular weight is 305 g/mol. The van der Waals surface area contributed by atoms with Gasteiger partial charge in [-0.25, -0.2) is 0 Å². The number of fused-ring (bicyclic) bond motifs is 1. The zero-order valence-corrected chi connectivity index (χ0v) is 12.4. The van der Waals surface area contributed by atoms with Gasteiger partial charge in [-0.15, -0.1) is 10.2 Å². The second kappa shape index (κ2) is 6.74. The number of hydrogen-bond acceptors (Lipinski definition) is 4. The van der Waals surface area contributed by atoms with Gasteiger partial charge in [0.05, 0.1) is 6.54 Å². The van der Waals surface area contributed by atoms with Crippen LogP contribution in [0, 0.1) is 0 Å². The quantitative estimate of drug-likeness (QED) is 0.872. The number of halogens is 3. The van der Waals surface area contributed by atoms with E-state index >= 15 is 0 Å². The van der Waals surface area contributed by atoms with Crippen LogP contribution in [0.3, 0.4) is 0 Å². The zero-order chi connectivity index (χ0) is 15.5. The summed E-state index contributed by atoms with van der Waals surface area (Å²) in [5.41, 5.74) is 0. The molecule has 1 unspecified atom stereocenters. The number of aromatic nitrogens is 3. The Morgan fingerprint density at radius 1 is 1.29 bits per heavy atom. The Bertz CT molecular complexity index is 457. The monoisotopic (exact) mass is 305 g/mol. The highest BCUT2D eigenvalue weighted by Gasteiger charge is 2.39. The van der Waals surface area contributed by atoms with Crippen molar-refractivity contribution in [1.82, 2.24) is 25.0 Å². The molecule has 0 aliphatic carbocycles. The Labute approximate surface area is 122 Å². The van der Waals surface area contributed by atoms with Gasteiger partial charge in [-0.2, -0.15) is 13.2 Å². The summed E-state index contributed by atoms with van der Waals surface area (Å²) in [6.07, 6.45) is -2.16. The third-order valence-electron chi connectivity index (χ3n) is 3.73. The van der Waals surface area contributed by atoms with Crippen LogP contribution < -0.4 is 5.32 Å². The van der Waals surface area contributed by atoms with Gasteiger partial charge in [0, 0.05) is 32.2 Å². The summed E-state index contributed by atoms with van der Waals surface area (Å²) in [6, 6.07) is 0.472. The van der Waals surface area contributed by atoms with Crippen LogP contribution in [0.2, 0.25) is 0 Å². The molecule has 0 aromatic carbocycles. The van der Waals surface area contributed by atoms with Crippen molar-refractivity contribution < 1.29 is 13.2 Å². The molecule has 0 radical (unpaired) electrons. The molecule has 0 saturated heterocycles. The predicted octanol–water partition coefficient (Wildman–Crippen LogP) is 1.89. The van der Waals surface area contributed by atoms with Crippen molar-refractivity contribution in [1.29, 1.82) is 0 Å². The van der Waals surface area contributed by atoms with Gasteiger partial charge >= 0.3 is 6.18 Å². The molecule has 0 spiro atoms. The maximum absolute atomic E-state index is 12.7. The van der Waals surface area contributed by atoms with Gasteiger partial charge in [0.1, 0.15) is 5.82 Å². The van der Waals surface area contributed by atoms with E-state index in [0.29, 0.717) is 31.5 Å². The molecule has 5 nitrogen and oxygen atoms in total. The Morgan fingerprint density at radius 2 is 2.05 bits per heavy atom. The van der Waals surface area contributed by atoms with Gasteiger partial charge < -0.3 is 9.88 Å². The summed E-state index contributed by atoms with van der Waals surface area (Å²) in [6.45, 7) is 7.25. The van der Waals surface area contributed by atoms with Crippen molar-refractivity contribution >= 4 is 0 Å². The topological polar surface area (TPSA) is 46.0 Å². The second-order valence-corrected chi connectivity index (χ2v) is 5.51. The fraction of sp³-hybridized carbons (Fsp3) is 0.846. The van der Waals surface area contributed by atoms with E-state index < -0.39 is 12.0 Å². The smallest absolute Gasteiger partial charge is 0.313 e. The first kappa shape index (κ1) is 16.2. The molecule has 0 saturated carbocycles. The first-order valence-corrected chi connectivity index (χ1v) is 7.36. The molecule has 0 bridgehead atoms. The highest BCUT2D eigenvalue weighted by molar-refractivity contribution is 5.02. The number of nitrogens with zero attached hydrogens (tertiary/aromatic N) is 4. The molecule has 1 aliphatic heterocycles. The molecular formula is C13H22F3N5. The molecular weight excluding hydrogens is 283 g/mol. The van der Waals surface area contributed by atoms with E-state index in [1.165, 1.54) is 4.57 Å². The lowest BCUT2D eigenvalue weighted by molar-refractivity contribution is -0.148. The molecule has 1 aromatic rings. The molecule has 1 aromatic heterocycles. The van der Waals surface area contributed by atoms with E-state index in [1.807, 2.05) is 0 Å². The average Bonchev–Trinajstić information content (AvgIpc) is 2.82. The Hall–Kier alpha value is -1.15. The minimum Gasteiger partial charge on any atom is -0.313 e. The molecule has 1 N–H and O–H groups in total. The fourth-order valence-electron chi connectivity index (χ4n) is 2.61. The first-order valence-electron chi connectivity index (χ1n) is 7.36. The van der Waals surface area contributed by atoms with E-state index in [1.54, 1.807) is 0 Å². The second-order valence-electron chi connectivity index (χ2n) is 5.51. The van der Waals surface area contributed by atoms with Gasteiger partial charge in [-0.3, -0.25) is 4.90 Å². The van der Waals surface area contributed by atoms with Crippen molar-refractivity contribution in [2.45, 2.75) is 52.0 Å². The summed E-state index contributed by atoms with van der Waals surface area (Å²) >= 11 is 0. The highest BCUT2D eigenvalue weighted by atomic mass is 19.4. The number of rotatable bonds is 6. The van der Waals surface area contributed by atoms with Crippen molar-refractivity contribution in [2.75, 3.05) is 19.6 Å². The maximum Gasteiger partial charge on any atom is 0.451 e. The standard InChI is InChI=1S/C13H22F3N5/c1-3-4-10(2)17-5-6-20-7-8-21-11(9-20)18-19-12(21)13(14,15)16/h10,17H,3-9H2,1-2H3. The lowest BCUT2D eigenvalue weighted by Gasteiger charge is -2.28. The van der Waals surface area contributed by atoms with Crippen molar-refractivity contribution in [2.24, 2.45) is 0 Å². The van der Waals surface area contributed by atoms with Crippen molar-refractivity contribution in [3.63, 3.8) is 0 Å². The molecule has 0 fully saturated rings. The summed E-state index contributed by atoms with van der Waals surface area (Å²) in [4.78, 5) is 2.11. The third-order valence-corrected chi connectivity index (χ3v) is 3.73. The van der Waals surface area contributed by atoms with E-state index in [-0.39, 0.29) is 0 Å². The van der Waals surface area contributed by atoms with E-state index in [2.05, 4.69) is 34.3 Å². The van der Waals surface area contributed by atoms with Crippen LogP contribution in [-0.4, -0.2) is 45.3 Å². The van der Waals surface area contributed by atoms with Gasteiger partial charge in [0.15, 0.2) is 0 Å². The summed E-state index contributed by atoms with van der Waals surface area (Å²) in [5.74, 6) is -0.484. The van der Waals surface area contributed by atoms with Gasteiger partial charge in [0.25, 0.3) is 0 Å². The number of hydrogen-bond donors (Lipinski definition) is 1. The van der Waals surface area contributed by atoms with Crippen molar-refractivity contribution in [3.8, 4) is 0 Å². The lowest BCUT2D eigenvalue weighted by Crippen LogP contribution is -2.40. The largest absolute Gasteiger partial charge is 0.451 e. The molecule has 120 valence electrons. The van der Waals surface area contributed by atoms with Crippen LogP contribution in [0.4, 0.5) is 13.2 Å².